The highest BCUT2D eigenvalue weighted by atomic mass is 32.2. The lowest BCUT2D eigenvalue weighted by Crippen LogP contribution is -2.58. The first-order valence-corrected chi connectivity index (χ1v) is 21.2. The number of carbonyl (C=O) groups excluding carboxylic acids is 3. The summed E-state index contributed by atoms with van der Waals surface area (Å²) in [6.45, 7) is 10.5. The van der Waals surface area contributed by atoms with Crippen LogP contribution in [0.25, 0.3) is 6.08 Å². The molecule has 52 heavy (non-hydrogen) atoms. The van der Waals surface area contributed by atoms with Gasteiger partial charge < -0.3 is 20.3 Å². The standard InChI is InChI=1S/C40H57N5O6S/c1-5-31-26(2)30-17-19-39(51-34(30)27(3)42-31)24-33-35(46)43-40(37(48)44-52(49,50)38(4)20-21-38)23-29(40)15-9-7-6-8-10-16-32(36(47)45(33)25-39)41-22-18-28-13-11-12-14-28/h5,9,15,28-29,32-33,41H,1,6-8,10-14,16-25H2,2-4H3,(H,43,46)(H,44,48). The molecule has 3 aliphatic carbocycles. The van der Waals surface area contributed by atoms with Crippen LogP contribution in [0.1, 0.15) is 126 Å². The largest absolute Gasteiger partial charge is 0.483 e. The fraction of sp³-hybridized carbons (Fsp3) is 0.700. The van der Waals surface area contributed by atoms with Crippen molar-refractivity contribution in [3.05, 3.63) is 41.2 Å². The molecule has 3 N–H and O–H groups in total. The molecule has 4 heterocycles. The predicted octanol–water partition coefficient (Wildman–Crippen LogP) is 4.94. The van der Waals surface area contributed by atoms with E-state index in [4.69, 9.17) is 9.72 Å². The summed E-state index contributed by atoms with van der Waals surface area (Å²) in [4.78, 5) is 49.7. The Labute approximate surface area is 309 Å². The smallest absolute Gasteiger partial charge is 0.259 e. The van der Waals surface area contributed by atoms with Crippen LogP contribution in [0.2, 0.25) is 0 Å². The Kier molecular flexibility index (Phi) is 10.1. The highest BCUT2D eigenvalue weighted by Gasteiger charge is 2.64. The number of pyridine rings is 1. The van der Waals surface area contributed by atoms with E-state index in [1.807, 2.05) is 26.0 Å². The second-order valence-corrected chi connectivity index (χ2v) is 19.1. The molecule has 1 aromatic heterocycles. The number of hydrogen-bond acceptors (Lipinski definition) is 8. The van der Waals surface area contributed by atoms with Gasteiger partial charge in [0.1, 0.15) is 22.9 Å². The molecule has 4 fully saturated rings. The molecule has 0 radical (unpaired) electrons. The average molecular weight is 736 g/mol. The summed E-state index contributed by atoms with van der Waals surface area (Å²) < 4.78 is 34.6. The van der Waals surface area contributed by atoms with Gasteiger partial charge in [-0.1, -0.05) is 57.3 Å². The van der Waals surface area contributed by atoms with Gasteiger partial charge in [0.25, 0.3) is 5.91 Å². The van der Waals surface area contributed by atoms with Crippen molar-refractivity contribution in [2.24, 2.45) is 11.8 Å². The fourth-order valence-corrected chi connectivity index (χ4v) is 10.5. The van der Waals surface area contributed by atoms with Crippen molar-refractivity contribution >= 4 is 33.8 Å². The Morgan fingerprint density at radius 1 is 1.10 bits per heavy atom. The Balaban J connectivity index is 1.19. The molecule has 5 unspecified atom stereocenters. The van der Waals surface area contributed by atoms with Crippen LogP contribution in [0.4, 0.5) is 0 Å². The maximum Gasteiger partial charge on any atom is 0.259 e. The van der Waals surface area contributed by atoms with Gasteiger partial charge in [-0.25, -0.2) is 13.4 Å². The number of nitrogens with zero attached hydrogens (tertiary/aromatic N) is 2. The third-order valence-corrected chi connectivity index (χ3v) is 15.3. The zero-order chi connectivity index (χ0) is 36.9. The Morgan fingerprint density at radius 2 is 1.85 bits per heavy atom. The highest BCUT2D eigenvalue weighted by molar-refractivity contribution is 7.91. The summed E-state index contributed by atoms with van der Waals surface area (Å²) >= 11 is 0. The van der Waals surface area contributed by atoms with Gasteiger partial charge in [0, 0.05) is 17.9 Å². The molecule has 3 aliphatic heterocycles. The summed E-state index contributed by atoms with van der Waals surface area (Å²) in [6, 6.07) is -1.34. The van der Waals surface area contributed by atoms with Crippen molar-refractivity contribution in [2.75, 3.05) is 13.1 Å². The maximum absolute atomic E-state index is 14.8. The number of fused-ring (bicyclic) bond motifs is 3. The minimum atomic E-state index is -3.92. The van der Waals surface area contributed by atoms with Crippen molar-refractivity contribution in [3.63, 3.8) is 0 Å². The minimum absolute atomic E-state index is 0.117. The maximum atomic E-state index is 14.8. The molecule has 12 heteroatoms. The Morgan fingerprint density at radius 3 is 2.58 bits per heavy atom. The number of allylic oxidation sites excluding steroid dienone is 1. The van der Waals surface area contributed by atoms with Gasteiger partial charge in [-0.05, 0) is 103 Å². The number of aromatic nitrogens is 1. The number of rotatable bonds is 8. The summed E-state index contributed by atoms with van der Waals surface area (Å²) in [7, 11) is -3.92. The van der Waals surface area contributed by atoms with Gasteiger partial charge in [-0.15, -0.1) is 0 Å². The normalized spacial score (nSPS) is 31.8. The average Bonchev–Trinajstić information content (AvgIpc) is 3.90. The van der Waals surface area contributed by atoms with E-state index in [0.29, 0.717) is 50.2 Å². The van der Waals surface area contributed by atoms with Crippen molar-refractivity contribution in [3.8, 4) is 5.75 Å². The monoisotopic (exact) mass is 735 g/mol. The molecule has 0 aromatic carbocycles. The summed E-state index contributed by atoms with van der Waals surface area (Å²) in [5, 5.41) is 6.65. The summed E-state index contributed by atoms with van der Waals surface area (Å²) in [6.07, 6.45) is 18.9. The summed E-state index contributed by atoms with van der Waals surface area (Å²) in [5.41, 5.74) is 1.44. The second-order valence-electron chi connectivity index (χ2n) is 16.9. The van der Waals surface area contributed by atoms with E-state index in [2.05, 4.69) is 21.9 Å². The van der Waals surface area contributed by atoms with Crippen LogP contribution < -0.4 is 20.1 Å². The van der Waals surface area contributed by atoms with Crippen LogP contribution >= 0.6 is 0 Å². The van der Waals surface area contributed by atoms with Gasteiger partial charge >= 0.3 is 0 Å². The first kappa shape index (κ1) is 37.1. The zero-order valence-electron chi connectivity index (χ0n) is 31.2. The number of aryl methyl sites for hydroxylation is 1. The molecule has 284 valence electrons. The first-order chi connectivity index (χ1) is 24.8. The van der Waals surface area contributed by atoms with Crippen LogP contribution in [0.5, 0.6) is 5.75 Å². The number of ether oxygens (including phenoxy) is 1. The minimum Gasteiger partial charge on any atom is -0.483 e. The van der Waals surface area contributed by atoms with Crippen LogP contribution in [0, 0.1) is 25.7 Å². The van der Waals surface area contributed by atoms with Crippen molar-refractivity contribution < 1.29 is 27.5 Å². The molecular weight excluding hydrogens is 679 g/mol. The van der Waals surface area contributed by atoms with Crippen LogP contribution in [-0.4, -0.2) is 77.1 Å². The van der Waals surface area contributed by atoms with Crippen molar-refractivity contribution in [1.82, 2.24) is 25.2 Å². The Bertz CT molecular complexity index is 1750. The quantitative estimate of drug-likeness (QED) is 0.319. The van der Waals surface area contributed by atoms with Crippen LogP contribution in [0.15, 0.2) is 18.7 Å². The molecule has 1 aromatic rings. The lowest BCUT2D eigenvalue weighted by Gasteiger charge is -2.37. The Hall–Kier alpha value is -3.25. The topological polar surface area (TPSA) is 147 Å². The molecule has 3 amide bonds. The molecule has 1 saturated heterocycles. The van der Waals surface area contributed by atoms with E-state index < -0.39 is 49.8 Å². The number of hydrogen-bond donors (Lipinski definition) is 3. The van der Waals surface area contributed by atoms with E-state index in [1.54, 1.807) is 17.9 Å². The lowest BCUT2D eigenvalue weighted by atomic mass is 9.86. The number of carbonyl (C=O) groups is 3. The van der Waals surface area contributed by atoms with E-state index in [0.717, 1.165) is 61.2 Å². The molecule has 5 atom stereocenters. The van der Waals surface area contributed by atoms with Gasteiger partial charge in [0.2, 0.25) is 21.8 Å². The lowest BCUT2D eigenvalue weighted by molar-refractivity contribution is -0.141. The number of sulfonamides is 1. The zero-order valence-corrected chi connectivity index (χ0v) is 32.0. The van der Waals surface area contributed by atoms with Gasteiger partial charge in [0.15, 0.2) is 0 Å². The molecule has 1 spiro atoms. The third-order valence-electron chi connectivity index (χ3n) is 13.1. The van der Waals surface area contributed by atoms with E-state index in [-0.39, 0.29) is 24.8 Å². The molecule has 3 saturated carbocycles. The molecule has 11 nitrogen and oxygen atoms in total. The molecule has 6 aliphatic rings. The van der Waals surface area contributed by atoms with Crippen LogP contribution in [-0.2, 0) is 30.8 Å². The molecule has 0 bridgehead atoms. The van der Waals surface area contributed by atoms with Crippen LogP contribution in [0.3, 0.4) is 0 Å². The number of nitrogens with one attached hydrogen (secondary N) is 3. The van der Waals surface area contributed by atoms with E-state index >= 15 is 0 Å². The molecular formula is C40H57N5O6S. The van der Waals surface area contributed by atoms with E-state index in [1.165, 1.54) is 25.7 Å². The first-order valence-electron chi connectivity index (χ1n) is 19.7. The SMILES string of the molecule is C=Cc1nc(C)c2c(c1C)CCC1(CC3C(=O)NC4(C(=O)NS(=O)(=O)C5(C)CC5)CC4C=CCCCCCC(NCCC4CCCC4)C(=O)N3C1)O2. The second kappa shape index (κ2) is 14.2. The van der Waals surface area contributed by atoms with Crippen molar-refractivity contribution in [1.29, 1.82) is 0 Å². The number of amides is 3. The summed E-state index contributed by atoms with van der Waals surface area (Å²) in [5.74, 6) is -0.228. The predicted molar refractivity (Wildman–Crippen MR) is 200 cm³/mol. The fourth-order valence-electron chi connectivity index (χ4n) is 9.17. The van der Waals surface area contributed by atoms with E-state index in [9.17, 15) is 22.8 Å². The van der Waals surface area contributed by atoms with Gasteiger partial charge in [-0.3, -0.25) is 19.1 Å². The highest BCUT2D eigenvalue weighted by Crippen LogP contribution is 2.49. The van der Waals surface area contributed by atoms with Gasteiger partial charge in [-0.2, -0.15) is 0 Å². The van der Waals surface area contributed by atoms with Crippen molar-refractivity contribution in [2.45, 2.75) is 151 Å². The molecule has 7 rings (SSSR count). The van der Waals surface area contributed by atoms with Gasteiger partial charge in [0.05, 0.1) is 28.7 Å². The third kappa shape index (κ3) is 7.06.